The van der Waals surface area contributed by atoms with Gasteiger partial charge in [0.15, 0.2) is 0 Å². The lowest BCUT2D eigenvalue weighted by atomic mass is 10.00. The molecular formula is C19H25N5O3. The monoisotopic (exact) mass is 371 g/mol. The van der Waals surface area contributed by atoms with Crippen molar-refractivity contribution in [3.8, 4) is 5.88 Å². The number of hydrogen-bond donors (Lipinski definition) is 1. The normalized spacial score (nSPS) is 22.0. The van der Waals surface area contributed by atoms with Crippen LogP contribution in [0.5, 0.6) is 5.88 Å². The number of nitrogens with zero attached hydrogens (tertiary/aromatic N) is 4. The van der Waals surface area contributed by atoms with Gasteiger partial charge in [-0.25, -0.2) is 9.97 Å². The molecule has 3 heterocycles. The van der Waals surface area contributed by atoms with E-state index in [-0.39, 0.29) is 23.7 Å². The minimum absolute atomic E-state index is 0.119. The van der Waals surface area contributed by atoms with E-state index in [9.17, 15) is 4.79 Å². The summed E-state index contributed by atoms with van der Waals surface area (Å²) >= 11 is 0. The Bertz CT molecular complexity index is 829. The molecule has 2 aliphatic rings. The van der Waals surface area contributed by atoms with Gasteiger partial charge in [-0.1, -0.05) is 0 Å². The summed E-state index contributed by atoms with van der Waals surface area (Å²) in [5.74, 6) is 0.853. The van der Waals surface area contributed by atoms with E-state index in [0.717, 1.165) is 23.4 Å². The molecule has 1 saturated carbocycles. The second-order valence-electron chi connectivity index (χ2n) is 7.36. The van der Waals surface area contributed by atoms with Crippen LogP contribution in [-0.4, -0.2) is 44.9 Å². The maximum atomic E-state index is 12.6. The van der Waals surface area contributed by atoms with E-state index in [1.54, 1.807) is 0 Å². The van der Waals surface area contributed by atoms with Gasteiger partial charge < -0.3 is 14.8 Å². The molecule has 2 aromatic rings. The summed E-state index contributed by atoms with van der Waals surface area (Å²) in [5, 5.41) is 7.50. The lowest BCUT2D eigenvalue weighted by Crippen LogP contribution is -2.37. The number of amides is 1. The lowest BCUT2D eigenvalue weighted by molar-refractivity contribution is 0.0813. The van der Waals surface area contributed by atoms with E-state index < -0.39 is 0 Å². The molecule has 8 heteroatoms. The van der Waals surface area contributed by atoms with Crippen molar-refractivity contribution in [3.63, 3.8) is 0 Å². The topological polar surface area (TPSA) is 91.2 Å². The van der Waals surface area contributed by atoms with Crippen molar-refractivity contribution in [3.05, 3.63) is 35.0 Å². The summed E-state index contributed by atoms with van der Waals surface area (Å²) in [7, 11) is 1.91. The van der Waals surface area contributed by atoms with Crippen molar-refractivity contribution in [1.29, 1.82) is 0 Å². The SMILES string of the molecule is Cc1nn(C)c(C)c1[C@H]1OCC[C@@H]1NC(=O)c1cnc(OCC2CC2)cn1. The first-order chi connectivity index (χ1) is 13.0. The first-order valence-electron chi connectivity index (χ1n) is 9.40. The molecule has 144 valence electrons. The fourth-order valence-corrected chi connectivity index (χ4v) is 3.46. The van der Waals surface area contributed by atoms with Gasteiger partial charge in [0.25, 0.3) is 5.91 Å². The third-order valence-electron chi connectivity index (χ3n) is 5.28. The van der Waals surface area contributed by atoms with Crippen LogP contribution in [0, 0.1) is 19.8 Å². The maximum absolute atomic E-state index is 12.6. The maximum Gasteiger partial charge on any atom is 0.271 e. The molecule has 1 N–H and O–H groups in total. The smallest absolute Gasteiger partial charge is 0.271 e. The molecule has 0 aromatic carbocycles. The van der Waals surface area contributed by atoms with Gasteiger partial charge in [0.05, 0.1) is 30.7 Å². The minimum Gasteiger partial charge on any atom is -0.476 e. The van der Waals surface area contributed by atoms with Gasteiger partial charge in [-0.2, -0.15) is 5.10 Å². The second-order valence-corrected chi connectivity index (χ2v) is 7.36. The van der Waals surface area contributed by atoms with Crippen LogP contribution < -0.4 is 10.1 Å². The van der Waals surface area contributed by atoms with Gasteiger partial charge in [-0.05, 0) is 39.0 Å². The van der Waals surface area contributed by atoms with Crippen molar-refractivity contribution in [2.45, 2.75) is 45.3 Å². The molecule has 27 heavy (non-hydrogen) atoms. The van der Waals surface area contributed by atoms with Gasteiger partial charge >= 0.3 is 0 Å². The first-order valence-corrected chi connectivity index (χ1v) is 9.40. The van der Waals surface area contributed by atoms with Crippen molar-refractivity contribution in [2.24, 2.45) is 13.0 Å². The second kappa shape index (κ2) is 7.26. The Morgan fingerprint density at radius 2 is 2.11 bits per heavy atom. The molecular weight excluding hydrogens is 346 g/mol. The highest BCUT2D eigenvalue weighted by atomic mass is 16.5. The number of hydrogen-bond acceptors (Lipinski definition) is 6. The Kier molecular flexibility index (Phi) is 4.82. The van der Waals surface area contributed by atoms with E-state index in [2.05, 4.69) is 20.4 Å². The molecule has 1 aliphatic carbocycles. The van der Waals surface area contributed by atoms with E-state index in [4.69, 9.17) is 9.47 Å². The number of aromatic nitrogens is 4. The quantitative estimate of drug-likeness (QED) is 0.834. The van der Waals surface area contributed by atoms with Gasteiger partial charge in [-0.15, -0.1) is 0 Å². The highest BCUT2D eigenvalue weighted by Gasteiger charge is 2.35. The van der Waals surface area contributed by atoms with Gasteiger partial charge in [0, 0.05) is 24.9 Å². The fourth-order valence-electron chi connectivity index (χ4n) is 3.46. The highest BCUT2D eigenvalue weighted by molar-refractivity contribution is 5.92. The predicted molar refractivity (Wildman–Crippen MR) is 97.5 cm³/mol. The average molecular weight is 371 g/mol. The van der Waals surface area contributed by atoms with Crippen LogP contribution in [-0.2, 0) is 11.8 Å². The Labute approximate surface area is 158 Å². The molecule has 2 atom stereocenters. The zero-order chi connectivity index (χ0) is 19.0. The number of carbonyl (C=O) groups excluding carboxylic acids is 1. The molecule has 2 aromatic heterocycles. The van der Waals surface area contributed by atoms with Crippen LogP contribution in [0.3, 0.4) is 0 Å². The average Bonchev–Trinajstić information content (AvgIpc) is 3.33. The van der Waals surface area contributed by atoms with Crippen LogP contribution >= 0.6 is 0 Å². The number of aryl methyl sites for hydroxylation is 2. The number of carbonyl (C=O) groups is 1. The summed E-state index contributed by atoms with van der Waals surface area (Å²) in [6.45, 7) is 5.25. The molecule has 2 fully saturated rings. The Hall–Kier alpha value is -2.48. The number of ether oxygens (including phenoxy) is 2. The molecule has 0 spiro atoms. The van der Waals surface area contributed by atoms with E-state index in [1.807, 2.05) is 25.6 Å². The Morgan fingerprint density at radius 1 is 1.30 bits per heavy atom. The molecule has 0 radical (unpaired) electrons. The van der Waals surface area contributed by atoms with Gasteiger partial charge in [-0.3, -0.25) is 9.48 Å². The van der Waals surface area contributed by atoms with Crippen molar-refractivity contribution in [1.82, 2.24) is 25.1 Å². The minimum atomic E-state index is -0.254. The summed E-state index contributed by atoms with van der Waals surface area (Å²) in [5.41, 5.74) is 3.31. The standard InChI is InChI=1S/C19H25N5O3/c1-11-17(12(2)24(3)23-11)18-14(6-7-26-18)22-19(25)15-8-21-16(9-20-15)27-10-13-4-5-13/h8-9,13-14,18H,4-7,10H2,1-3H3,(H,22,25)/t14-,18-/m0/s1. The molecule has 1 amide bonds. The van der Waals surface area contributed by atoms with E-state index in [0.29, 0.717) is 25.0 Å². The van der Waals surface area contributed by atoms with Crippen LogP contribution in [0.1, 0.15) is 52.8 Å². The lowest BCUT2D eigenvalue weighted by Gasteiger charge is -2.20. The zero-order valence-corrected chi connectivity index (χ0v) is 15.9. The van der Waals surface area contributed by atoms with Crippen molar-refractivity contribution in [2.75, 3.05) is 13.2 Å². The molecule has 8 nitrogen and oxygen atoms in total. The molecule has 4 rings (SSSR count). The summed E-state index contributed by atoms with van der Waals surface area (Å²) in [4.78, 5) is 21.0. The predicted octanol–water partition coefficient (Wildman–Crippen LogP) is 1.88. The number of nitrogens with one attached hydrogen (secondary N) is 1. The van der Waals surface area contributed by atoms with E-state index >= 15 is 0 Å². The van der Waals surface area contributed by atoms with Crippen LogP contribution in [0.15, 0.2) is 12.4 Å². The number of rotatable bonds is 6. The highest BCUT2D eigenvalue weighted by Crippen LogP contribution is 2.33. The molecule has 1 aliphatic heterocycles. The largest absolute Gasteiger partial charge is 0.476 e. The summed E-state index contributed by atoms with van der Waals surface area (Å²) in [6.07, 6.45) is 5.96. The van der Waals surface area contributed by atoms with Crippen LogP contribution in [0.25, 0.3) is 0 Å². The Morgan fingerprint density at radius 3 is 2.74 bits per heavy atom. The van der Waals surface area contributed by atoms with Gasteiger partial charge in [0.1, 0.15) is 11.8 Å². The zero-order valence-electron chi connectivity index (χ0n) is 15.9. The first kappa shape index (κ1) is 17.9. The fraction of sp³-hybridized carbons (Fsp3) is 0.579. The molecule has 0 bridgehead atoms. The summed E-state index contributed by atoms with van der Waals surface area (Å²) < 4.78 is 13.3. The van der Waals surface area contributed by atoms with Crippen molar-refractivity contribution < 1.29 is 14.3 Å². The van der Waals surface area contributed by atoms with E-state index in [1.165, 1.54) is 25.2 Å². The third-order valence-corrected chi connectivity index (χ3v) is 5.28. The summed E-state index contributed by atoms with van der Waals surface area (Å²) in [6, 6.07) is -0.119. The molecule has 0 unspecified atom stereocenters. The van der Waals surface area contributed by atoms with Crippen LogP contribution in [0.2, 0.25) is 0 Å². The van der Waals surface area contributed by atoms with Crippen LogP contribution in [0.4, 0.5) is 0 Å². The van der Waals surface area contributed by atoms with Gasteiger partial charge in [0.2, 0.25) is 5.88 Å². The Balaban J connectivity index is 1.42. The molecule has 1 saturated heterocycles. The third kappa shape index (κ3) is 3.80. The van der Waals surface area contributed by atoms with Crippen molar-refractivity contribution >= 4 is 5.91 Å².